The fourth-order valence-electron chi connectivity index (χ4n) is 4.31. The number of amides is 1. The number of carbonyl (C=O) groups excluding carboxylic acids is 1. The number of piperazine rings is 1. The van der Waals surface area contributed by atoms with E-state index < -0.39 is 0 Å². The fraction of sp³-hybridized carbons (Fsp3) is 0.417. The van der Waals surface area contributed by atoms with Gasteiger partial charge in [-0.1, -0.05) is 38.1 Å². The van der Waals surface area contributed by atoms with Gasteiger partial charge in [-0.15, -0.1) is 0 Å². The van der Waals surface area contributed by atoms with E-state index in [0.29, 0.717) is 12.8 Å². The van der Waals surface area contributed by atoms with Gasteiger partial charge in [0.2, 0.25) is 5.91 Å². The van der Waals surface area contributed by atoms with Crippen molar-refractivity contribution in [1.29, 1.82) is 0 Å². The van der Waals surface area contributed by atoms with Gasteiger partial charge in [0, 0.05) is 32.6 Å². The molecule has 0 aliphatic carbocycles. The van der Waals surface area contributed by atoms with Crippen LogP contribution in [0.5, 0.6) is 0 Å². The summed E-state index contributed by atoms with van der Waals surface area (Å²) in [5.74, 6) is 0.757. The zero-order valence-corrected chi connectivity index (χ0v) is 17.7. The zero-order valence-electron chi connectivity index (χ0n) is 17.7. The monoisotopic (exact) mass is 408 g/mol. The maximum Gasteiger partial charge on any atom is 0.245 e. The van der Waals surface area contributed by atoms with Gasteiger partial charge in [-0.25, -0.2) is 9.37 Å². The van der Waals surface area contributed by atoms with Crippen molar-refractivity contribution in [3.63, 3.8) is 0 Å². The molecule has 30 heavy (non-hydrogen) atoms. The van der Waals surface area contributed by atoms with Crippen LogP contribution in [0.2, 0.25) is 0 Å². The number of carbonyl (C=O) groups is 1. The molecule has 6 heteroatoms. The molecule has 0 bridgehead atoms. The topological polar surface area (TPSA) is 41.4 Å². The van der Waals surface area contributed by atoms with E-state index in [1.165, 1.54) is 12.1 Å². The molecule has 0 radical (unpaired) electrons. The third kappa shape index (κ3) is 4.10. The molecule has 1 aliphatic heterocycles. The first kappa shape index (κ1) is 20.5. The number of hydrogen-bond donors (Lipinski definition) is 0. The van der Waals surface area contributed by atoms with E-state index in [1.54, 1.807) is 12.1 Å². The minimum Gasteiger partial charge on any atom is -0.338 e. The van der Waals surface area contributed by atoms with Crippen LogP contribution in [0.4, 0.5) is 4.39 Å². The van der Waals surface area contributed by atoms with Gasteiger partial charge >= 0.3 is 0 Å². The molecule has 1 aromatic heterocycles. The van der Waals surface area contributed by atoms with E-state index in [0.717, 1.165) is 55.1 Å². The van der Waals surface area contributed by atoms with Gasteiger partial charge in [0.05, 0.1) is 11.0 Å². The van der Waals surface area contributed by atoms with Crippen LogP contribution in [-0.2, 0) is 11.2 Å². The van der Waals surface area contributed by atoms with Crippen molar-refractivity contribution >= 4 is 16.9 Å². The van der Waals surface area contributed by atoms with Crippen LogP contribution in [0.25, 0.3) is 11.0 Å². The smallest absolute Gasteiger partial charge is 0.245 e. The molecule has 2 aromatic carbocycles. The maximum absolute atomic E-state index is 13.5. The van der Waals surface area contributed by atoms with E-state index in [2.05, 4.69) is 23.3 Å². The van der Waals surface area contributed by atoms with Crippen molar-refractivity contribution in [2.75, 3.05) is 32.7 Å². The lowest BCUT2D eigenvalue weighted by Gasteiger charge is -2.36. The highest BCUT2D eigenvalue weighted by Gasteiger charge is 2.30. The van der Waals surface area contributed by atoms with Crippen LogP contribution >= 0.6 is 0 Å². The first-order valence-electron chi connectivity index (χ1n) is 10.8. The van der Waals surface area contributed by atoms with Gasteiger partial charge in [0.15, 0.2) is 0 Å². The predicted octanol–water partition coefficient (Wildman–Crippen LogP) is 3.88. The Balaban J connectivity index is 1.68. The Kier molecular flexibility index (Phi) is 6.13. The summed E-state index contributed by atoms with van der Waals surface area (Å²) in [5, 5.41) is 0. The summed E-state index contributed by atoms with van der Waals surface area (Å²) in [4.78, 5) is 22.7. The van der Waals surface area contributed by atoms with Crippen LogP contribution in [-0.4, -0.2) is 58.0 Å². The van der Waals surface area contributed by atoms with Crippen LogP contribution in [0.3, 0.4) is 0 Å². The van der Waals surface area contributed by atoms with E-state index in [1.807, 2.05) is 29.2 Å². The molecule has 3 aromatic rings. The molecule has 0 spiro atoms. The Labute approximate surface area is 177 Å². The molecule has 2 heterocycles. The van der Waals surface area contributed by atoms with Crippen LogP contribution in [0.1, 0.15) is 37.7 Å². The zero-order chi connectivity index (χ0) is 21.1. The molecular weight excluding hydrogens is 379 g/mol. The lowest BCUT2D eigenvalue weighted by molar-refractivity contribution is -0.136. The van der Waals surface area contributed by atoms with Crippen LogP contribution < -0.4 is 0 Å². The molecular formula is C24H29FN4O. The minimum absolute atomic E-state index is 0.164. The molecule has 4 rings (SSSR count). The number of para-hydroxylation sites is 2. The highest BCUT2D eigenvalue weighted by Crippen LogP contribution is 2.27. The SMILES string of the molecule is CCC(C(=O)N1CCN(CC)CC1)n1c(Cc2ccc(F)cc2)nc2ccccc21. The Hall–Kier alpha value is -2.73. The van der Waals surface area contributed by atoms with Crippen molar-refractivity contribution in [1.82, 2.24) is 19.4 Å². The van der Waals surface area contributed by atoms with Gasteiger partial charge in [-0.2, -0.15) is 0 Å². The summed E-state index contributed by atoms with van der Waals surface area (Å²) in [7, 11) is 0. The molecule has 0 saturated carbocycles. The summed E-state index contributed by atoms with van der Waals surface area (Å²) in [5.41, 5.74) is 2.84. The lowest BCUT2D eigenvalue weighted by atomic mass is 10.1. The average molecular weight is 409 g/mol. The number of likely N-dealkylation sites (N-methyl/N-ethyl adjacent to an activating group) is 1. The standard InChI is InChI=1S/C24H29FN4O/c1-3-21(24(30)28-15-13-27(4-2)14-16-28)29-22-8-6-5-7-20(22)26-23(29)17-18-9-11-19(25)12-10-18/h5-12,21H,3-4,13-17H2,1-2H3. The molecule has 1 atom stereocenters. The van der Waals surface area contributed by atoms with Gasteiger partial charge in [-0.05, 0) is 42.8 Å². The summed E-state index contributed by atoms with van der Waals surface area (Å²) >= 11 is 0. The number of fused-ring (bicyclic) bond motifs is 1. The van der Waals surface area contributed by atoms with Gasteiger partial charge in [-0.3, -0.25) is 4.79 Å². The van der Waals surface area contributed by atoms with Crippen molar-refractivity contribution in [3.8, 4) is 0 Å². The van der Waals surface area contributed by atoms with Crippen molar-refractivity contribution < 1.29 is 9.18 Å². The largest absolute Gasteiger partial charge is 0.338 e. The summed E-state index contributed by atoms with van der Waals surface area (Å²) in [6.07, 6.45) is 1.26. The quantitative estimate of drug-likeness (QED) is 0.622. The molecule has 158 valence electrons. The van der Waals surface area contributed by atoms with Gasteiger partial charge < -0.3 is 14.4 Å². The molecule has 1 fully saturated rings. The summed E-state index contributed by atoms with van der Waals surface area (Å²) in [6.45, 7) is 8.62. The molecule has 1 amide bonds. The maximum atomic E-state index is 13.5. The Morgan fingerprint density at radius 2 is 1.73 bits per heavy atom. The van der Waals surface area contributed by atoms with Crippen molar-refractivity contribution in [3.05, 3.63) is 65.7 Å². The highest BCUT2D eigenvalue weighted by atomic mass is 19.1. The number of nitrogens with zero attached hydrogens (tertiary/aromatic N) is 4. The molecule has 1 aliphatic rings. The third-order valence-corrected chi connectivity index (χ3v) is 6.06. The first-order valence-corrected chi connectivity index (χ1v) is 10.8. The molecule has 1 saturated heterocycles. The second kappa shape index (κ2) is 8.96. The van der Waals surface area contributed by atoms with Crippen molar-refractivity contribution in [2.24, 2.45) is 0 Å². The number of halogens is 1. The van der Waals surface area contributed by atoms with E-state index in [-0.39, 0.29) is 17.8 Å². The summed E-state index contributed by atoms with van der Waals surface area (Å²) in [6, 6.07) is 14.2. The molecule has 5 nitrogen and oxygen atoms in total. The first-order chi connectivity index (χ1) is 14.6. The normalized spacial score (nSPS) is 16.2. The Bertz CT molecular complexity index is 1010. The lowest BCUT2D eigenvalue weighted by Crippen LogP contribution is -2.50. The number of rotatable bonds is 6. The van der Waals surface area contributed by atoms with E-state index in [9.17, 15) is 9.18 Å². The van der Waals surface area contributed by atoms with E-state index >= 15 is 0 Å². The highest BCUT2D eigenvalue weighted by molar-refractivity contribution is 5.84. The van der Waals surface area contributed by atoms with Gasteiger partial charge in [0.25, 0.3) is 0 Å². The number of aromatic nitrogens is 2. The van der Waals surface area contributed by atoms with Crippen molar-refractivity contribution in [2.45, 2.75) is 32.7 Å². The second-order valence-electron chi connectivity index (χ2n) is 7.87. The Morgan fingerprint density at radius 3 is 2.40 bits per heavy atom. The molecule has 1 unspecified atom stereocenters. The van der Waals surface area contributed by atoms with E-state index in [4.69, 9.17) is 4.98 Å². The average Bonchev–Trinajstić information content (AvgIpc) is 3.14. The Morgan fingerprint density at radius 1 is 1.03 bits per heavy atom. The third-order valence-electron chi connectivity index (χ3n) is 6.06. The second-order valence-corrected chi connectivity index (χ2v) is 7.87. The molecule has 0 N–H and O–H groups in total. The fourth-order valence-corrected chi connectivity index (χ4v) is 4.31. The van der Waals surface area contributed by atoms with Gasteiger partial charge in [0.1, 0.15) is 17.7 Å². The van der Waals surface area contributed by atoms with Crippen LogP contribution in [0, 0.1) is 5.82 Å². The number of hydrogen-bond acceptors (Lipinski definition) is 3. The number of benzene rings is 2. The predicted molar refractivity (Wildman–Crippen MR) is 117 cm³/mol. The summed E-state index contributed by atoms with van der Waals surface area (Å²) < 4.78 is 15.4. The number of imidazole rings is 1. The minimum atomic E-state index is -0.291. The van der Waals surface area contributed by atoms with Crippen LogP contribution in [0.15, 0.2) is 48.5 Å².